The zero-order valence-corrected chi connectivity index (χ0v) is 12.0. The number of aryl methyl sites for hydroxylation is 1. The fraction of sp³-hybridized carbons (Fsp3) is 0.0769. The van der Waals surface area contributed by atoms with Gasteiger partial charge in [-0.3, -0.25) is 0 Å². The molecule has 0 bridgehead atoms. The zero-order valence-electron chi connectivity index (χ0n) is 10.4. The molecule has 0 radical (unpaired) electrons. The molecule has 1 aromatic heterocycles. The van der Waals surface area contributed by atoms with Gasteiger partial charge in [-0.1, -0.05) is 29.3 Å². The number of aromatic nitrogens is 1. The first-order chi connectivity index (χ1) is 9.55. The largest absolute Gasteiger partial charge is 0.437 e. The molecule has 3 N–H and O–H groups in total. The van der Waals surface area contributed by atoms with Gasteiger partial charge < -0.3 is 10.2 Å². The number of benzene rings is 1. The van der Waals surface area contributed by atoms with Crippen LogP contribution in [0.1, 0.15) is 11.1 Å². The van der Waals surface area contributed by atoms with Gasteiger partial charge >= 0.3 is 0 Å². The van der Waals surface area contributed by atoms with Crippen LogP contribution in [0.4, 0.5) is 5.82 Å². The van der Waals surface area contributed by atoms with Crippen LogP contribution in [-0.4, -0.2) is 4.98 Å². The summed E-state index contributed by atoms with van der Waals surface area (Å²) in [7, 11) is 0. The fourth-order valence-corrected chi connectivity index (χ4v) is 1.96. The van der Waals surface area contributed by atoms with Gasteiger partial charge in [0.25, 0.3) is 0 Å². The Labute approximate surface area is 125 Å². The van der Waals surface area contributed by atoms with Crippen LogP contribution in [0.25, 0.3) is 0 Å². The fourth-order valence-electron chi connectivity index (χ4n) is 1.51. The molecule has 5 nitrogen and oxygen atoms in total. The van der Waals surface area contributed by atoms with E-state index in [1.807, 2.05) is 13.0 Å². The molecule has 0 saturated heterocycles. The highest BCUT2D eigenvalue weighted by Crippen LogP contribution is 2.34. The van der Waals surface area contributed by atoms with E-state index in [2.05, 4.69) is 10.4 Å². The topological polar surface area (TPSA) is 84.0 Å². The highest BCUT2D eigenvalue weighted by molar-refractivity contribution is 6.36. The van der Waals surface area contributed by atoms with Crippen molar-refractivity contribution in [2.45, 2.75) is 6.92 Å². The van der Waals surface area contributed by atoms with Crippen LogP contribution in [0.15, 0.2) is 24.3 Å². The number of anilines is 1. The second-order valence-corrected chi connectivity index (χ2v) is 4.76. The monoisotopic (exact) mass is 308 g/mol. The number of nitrogen functional groups attached to an aromatic ring is 1. The van der Waals surface area contributed by atoms with E-state index in [1.54, 1.807) is 18.2 Å². The van der Waals surface area contributed by atoms with Crippen molar-refractivity contribution in [2.24, 2.45) is 5.84 Å². The van der Waals surface area contributed by atoms with Gasteiger partial charge in [0.2, 0.25) is 5.88 Å². The molecule has 2 rings (SSSR count). The number of ether oxygens (including phenoxy) is 1. The first-order valence-electron chi connectivity index (χ1n) is 5.56. The van der Waals surface area contributed by atoms with Crippen molar-refractivity contribution < 1.29 is 4.74 Å². The molecule has 102 valence electrons. The summed E-state index contributed by atoms with van der Waals surface area (Å²) < 4.78 is 5.63. The van der Waals surface area contributed by atoms with Crippen LogP contribution < -0.4 is 16.0 Å². The van der Waals surface area contributed by atoms with E-state index in [4.69, 9.17) is 39.0 Å². The van der Waals surface area contributed by atoms with Gasteiger partial charge in [0, 0.05) is 0 Å². The number of pyridine rings is 1. The Morgan fingerprint density at radius 2 is 2.05 bits per heavy atom. The summed E-state index contributed by atoms with van der Waals surface area (Å²) in [6.45, 7) is 1.85. The van der Waals surface area contributed by atoms with E-state index >= 15 is 0 Å². The highest BCUT2D eigenvalue weighted by Gasteiger charge is 2.12. The summed E-state index contributed by atoms with van der Waals surface area (Å²) in [6.07, 6.45) is 0. The van der Waals surface area contributed by atoms with Gasteiger partial charge in [-0.05, 0) is 30.7 Å². The van der Waals surface area contributed by atoms with E-state index in [1.165, 1.54) is 6.07 Å². The van der Waals surface area contributed by atoms with Crippen molar-refractivity contribution in [3.05, 3.63) is 45.4 Å². The van der Waals surface area contributed by atoms with Gasteiger partial charge in [0.05, 0.1) is 16.7 Å². The molecule has 0 atom stereocenters. The summed E-state index contributed by atoms with van der Waals surface area (Å²) in [5, 5.41) is 9.43. The predicted molar refractivity (Wildman–Crippen MR) is 78.0 cm³/mol. The molecule has 0 fully saturated rings. The lowest BCUT2D eigenvalue weighted by atomic mass is 10.1. The van der Waals surface area contributed by atoms with Gasteiger partial charge in [-0.15, -0.1) is 0 Å². The molecular formula is C13H10Cl2N4O. The Kier molecular flexibility index (Phi) is 4.30. The average molecular weight is 309 g/mol. The maximum absolute atomic E-state index is 8.90. The second-order valence-electron chi connectivity index (χ2n) is 3.94. The highest BCUT2D eigenvalue weighted by atomic mass is 35.5. The Balaban J connectivity index is 2.42. The number of nitrogens with zero attached hydrogens (tertiary/aromatic N) is 2. The molecule has 0 aliphatic carbocycles. The minimum absolute atomic E-state index is 0.155. The van der Waals surface area contributed by atoms with E-state index in [-0.39, 0.29) is 21.7 Å². The van der Waals surface area contributed by atoms with Crippen molar-refractivity contribution in [3.63, 3.8) is 0 Å². The van der Waals surface area contributed by atoms with Crippen molar-refractivity contribution in [3.8, 4) is 17.7 Å². The Bertz CT molecular complexity index is 698. The first kappa shape index (κ1) is 14.4. The lowest BCUT2D eigenvalue weighted by Gasteiger charge is -2.11. The number of nitrogens with one attached hydrogen (secondary N) is 1. The molecule has 1 aromatic carbocycles. The first-order valence-corrected chi connectivity index (χ1v) is 6.32. The van der Waals surface area contributed by atoms with Crippen LogP contribution in [-0.2, 0) is 0 Å². The molecule has 0 amide bonds. The number of rotatable bonds is 3. The van der Waals surface area contributed by atoms with Crippen molar-refractivity contribution >= 4 is 29.0 Å². The van der Waals surface area contributed by atoms with Gasteiger partial charge in [0.15, 0.2) is 5.82 Å². The normalized spacial score (nSPS) is 9.95. The standard InChI is InChI=1S/C13H10Cl2N4O/c1-7-2-3-8(6-16)4-11(7)20-13-10(15)5-9(14)12(18-13)19-17/h2-5H,17H2,1H3,(H,18,19). The summed E-state index contributed by atoms with van der Waals surface area (Å²) in [5.41, 5.74) is 3.68. The maximum atomic E-state index is 8.90. The van der Waals surface area contributed by atoms with Gasteiger partial charge in [-0.2, -0.15) is 10.2 Å². The Morgan fingerprint density at radius 1 is 1.30 bits per heavy atom. The van der Waals surface area contributed by atoms with Crippen molar-refractivity contribution in [2.75, 3.05) is 5.43 Å². The lowest BCUT2D eigenvalue weighted by Crippen LogP contribution is -2.09. The SMILES string of the molecule is Cc1ccc(C#N)cc1Oc1nc(NN)c(Cl)cc1Cl. The van der Waals surface area contributed by atoms with E-state index in [0.717, 1.165) is 5.56 Å². The van der Waals surface area contributed by atoms with Crippen molar-refractivity contribution in [1.82, 2.24) is 4.98 Å². The zero-order chi connectivity index (χ0) is 14.7. The van der Waals surface area contributed by atoms with Gasteiger partial charge in [-0.25, -0.2) is 5.84 Å². The van der Waals surface area contributed by atoms with Crippen LogP contribution >= 0.6 is 23.2 Å². The van der Waals surface area contributed by atoms with Gasteiger partial charge in [0.1, 0.15) is 10.8 Å². The summed E-state index contributed by atoms with van der Waals surface area (Å²) in [5.74, 6) is 6.19. The molecule has 20 heavy (non-hydrogen) atoms. The minimum atomic E-state index is 0.155. The minimum Gasteiger partial charge on any atom is -0.437 e. The van der Waals surface area contributed by atoms with E-state index in [0.29, 0.717) is 11.3 Å². The Hall–Kier alpha value is -2.00. The van der Waals surface area contributed by atoms with Crippen LogP contribution in [0.3, 0.4) is 0 Å². The number of hydrogen-bond donors (Lipinski definition) is 2. The van der Waals surface area contributed by atoms with Crippen LogP contribution in [0, 0.1) is 18.3 Å². The molecule has 1 heterocycles. The number of nitriles is 1. The molecule has 2 aromatic rings. The summed E-state index contributed by atoms with van der Waals surface area (Å²) >= 11 is 11.9. The number of nitrogens with two attached hydrogens (primary N) is 1. The maximum Gasteiger partial charge on any atom is 0.240 e. The lowest BCUT2D eigenvalue weighted by molar-refractivity contribution is 0.460. The molecule has 0 aliphatic rings. The number of hydrogen-bond acceptors (Lipinski definition) is 5. The third-order valence-corrected chi connectivity index (χ3v) is 3.12. The smallest absolute Gasteiger partial charge is 0.240 e. The van der Waals surface area contributed by atoms with E-state index in [9.17, 15) is 0 Å². The molecule has 0 spiro atoms. The number of hydrazine groups is 1. The molecular weight excluding hydrogens is 299 g/mol. The summed E-state index contributed by atoms with van der Waals surface area (Å²) in [6, 6.07) is 8.60. The third-order valence-electron chi connectivity index (χ3n) is 2.56. The van der Waals surface area contributed by atoms with Crippen LogP contribution in [0.2, 0.25) is 10.0 Å². The molecule has 0 saturated carbocycles. The average Bonchev–Trinajstić information content (AvgIpc) is 2.44. The molecule has 0 unspecified atom stereocenters. The predicted octanol–water partition coefficient (Wildman–Crippen LogP) is 3.65. The van der Waals surface area contributed by atoms with Crippen molar-refractivity contribution in [1.29, 1.82) is 5.26 Å². The quantitative estimate of drug-likeness (QED) is 0.668. The number of halogens is 2. The summed E-state index contributed by atoms with van der Waals surface area (Å²) in [4.78, 5) is 4.08. The Morgan fingerprint density at radius 3 is 2.70 bits per heavy atom. The van der Waals surface area contributed by atoms with E-state index < -0.39 is 0 Å². The molecule has 0 aliphatic heterocycles. The molecule has 7 heteroatoms. The third kappa shape index (κ3) is 2.94. The second kappa shape index (κ2) is 5.97. The van der Waals surface area contributed by atoms with Crippen LogP contribution in [0.5, 0.6) is 11.6 Å².